The monoisotopic (exact) mass is 262 g/mol. The second kappa shape index (κ2) is 5.51. The second-order valence-corrected chi connectivity index (χ2v) is 4.31. The zero-order valence-electron chi connectivity index (χ0n) is 10.8. The van der Waals surface area contributed by atoms with Crippen LogP contribution in [0.15, 0.2) is 39.8 Å². The van der Waals surface area contributed by atoms with Gasteiger partial charge in [-0.1, -0.05) is 19.1 Å². The van der Waals surface area contributed by atoms with Gasteiger partial charge in [-0.05, 0) is 29.4 Å². The molecule has 0 fully saturated rings. The van der Waals surface area contributed by atoms with E-state index in [1.807, 2.05) is 13.8 Å². The molecule has 0 saturated heterocycles. The van der Waals surface area contributed by atoms with Crippen LogP contribution in [0.2, 0.25) is 0 Å². The lowest BCUT2D eigenvalue weighted by molar-refractivity contribution is -0.670. The Balaban J connectivity index is 2.36. The molecule has 1 unspecified atom stereocenters. The molecule has 19 heavy (non-hydrogen) atoms. The first-order valence-corrected chi connectivity index (χ1v) is 6.12. The largest absolute Gasteiger partial charge is 0.427 e. The maximum Gasteiger partial charge on any atom is 0.427 e. The van der Waals surface area contributed by atoms with E-state index in [-0.39, 0.29) is 11.9 Å². The van der Waals surface area contributed by atoms with Crippen LogP contribution in [0, 0.1) is 0 Å². The maximum atomic E-state index is 12.2. The van der Waals surface area contributed by atoms with E-state index in [2.05, 4.69) is 15.1 Å². The molecule has 1 amide bonds. The SMILES string of the molecule is CCC(C)NC(=O)c1ccccc1-[n+]1cc(=O)o[nH]1. The van der Waals surface area contributed by atoms with Crippen molar-refractivity contribution in [2.24, 2.45) is 0 Å². The van der Waals surface area contributed by atoms with E-state index >= 15 is 0 Å². The number of rotatable bonds is 4. The fraction of sp³-hybridized carbons (Fsp3) is 0.308. The Bertz CT molecular complexity index is 630. The minimum atomic E-state index is -0.503. The van der Waals surface area contributed by atoms with Gasteiger partial charge in [-0.2, -0.15) is 0 Å². The molecule has 6 heteroatoms. The number of carbonyl (C=O) groups is 1. The van der Waals surface area contributed by atoms with Gasteiger partial charge in [0.1, 0.15) is 5.56 Å². The van der Waals surface area contributed by atoms with Crippen LogP contribution in [0.1, 0.15) is 30.6 Å². The second-order valence-electron chi connectivity index (χ2n) is 4.31. The van der Waals surface area contributed by atoms with Crippen molar-refractivity contribution < 1.29 is 14.0 Å². The number of nitrogens with zero attached hydrogens (tertiary/aromatic N) is 1. The van der Waals surface area contributed by atoms with Gasteiger partial charge in [0.2, 0.25) is 0 Å². The van der Waals surface area contributed by atoms with Crippen molar-refractivity contribution in [2.45, 2.75) is 26.3 Å². The molecule has 2 aromatic rings. The summed E-state index contributed by atoms with van der Waals surface area (Å²) in [6.07, 6.45) is 2.10. The third-order valence-electron chi connectivity index (χ3n) is 2.88. The van der Waals surface area contributed by atoms with Gasteiger partial charge < -0.3 is 5.32 Å². The lowest BCUT2D eigenvalue weighted by Gasteiger charge is -2.11. The van der Waals surface area contributed by atoms with Gasteiger partial charge in [-0.3, -0.25) is 9.32 Å². The highest BCUT2D eigenvalue weighted by molar-refractivity contribution is 5.97. The zero-order valence-corrected chi connectivity index (χ0v) is 10.8. The van der Waals surface area contributed by atoms with Crippen molar-refractivity contribution in [3.05, 3.63) is 46.4 Å². The topological polar surface area (TPSA) is 79.0 Å². The average molecular weight is 262 g/mol. The van der Waals surface area contributed by atoms with Crippen LogP contribution >= 0.6 is 0 Å². The number of aromatic nitrogens is 2. The maximum absolute atomic E-state index is 12.2. The third-order valence-corrected chi connectivity index (χ3v) is 2.88. The Morgan fingerprint density at radius 2 is 2.21 bits per heavy atom. The molecule has 0 aliphatic heterocycles. The van der Waals surface area contributed by atoms with E-state index in [9.17, 15) is 9.59 Å². The Hall–Kier alpha value is -2.37. The first-order valence-electron chi connectivity index (χ1n) is 6.12. The van der Waals surface area contributed by atoms with Crippen LogP contribution in [0.3, 0.4) is 0 Å². The van der Waals surface area contributed by atoms with Gasteiger partial charge in [-0.25, -0.2) is 4.79 Å². The van der Waals surface area contributed by atoms with Crippen LogP contribution in [0.5, 0.6) is 0 Å². The molecule has 0 aliphatic rings. The summed E-state index contributed by atoms with van der Waals surface area (Å²) >= 11 is 0. The number of para-hydroxylation sites is 1. The van der Waals surface area contributed by atoms with Crippen molar-refractivity contribution in [3.63, 3.8) is 0 Å². The number of carbonyl (C=O) groups excluding carboxylic acids is 1. The molecule has 1 heterocycles. The minimum Gasteiger partial charge on any atom is -0.349 e. The van der Waals surface area contributed by atoms with E-state index in [1.165, 1.54) is 10.9 Å². The van der Waals surface area contributed by atoms with Crippen LogP contribution in [0.25, 0.3) is 5.69 Å². The predicted molar refractivity (Wildman–Crippen MR) is 68.1 cm³/mol. The number of hydrogen-bond donors (Lipinski definition) is 2. The Morgan fingerprint density at radius 3 is 2.84 bits per heavy atom. The van der Waals surface area contributed by atoms with Gasteiger partial charge in [0.25, 0.3) is 17.8 Å². The van der Waals surface area contributed by atoms with Gasteiger partial charge in [0.15, 0.2) is 0 Å². The molecule has 100 valence electrons. The number of benzene rings is 1. The molecule has 1 aromatic carbocycles. The third kappa shape index (κ3) is 2.90. The van der Waals surface area contributed by atoms with Crippen molar-refractivity contribution in [3.8, 4) is 5.69 Å². The minimum absolute atomic E-state index is 0.0916. The van der Waals surface area contributed by atoms with E-state index < -0.39 is 5.63 Å². The molecule has 0 radical (unpaired) electrons. The Kier molecular flexibility index (Phi) is 3.79. The summed E-state index contributed by atoms with van der Waals surface area (Å²) in [7, 11) is 0. The molecule has 1 atom stereocenters. The zero-order chi connectivity index (χ0) is 13.8. The first-order chi connectivity index (χ1) is 9.11. The van der Waals surface area contributed by atoms with Crippen molar-refractivity contribution in [1.29, 1.82) is 0 Å². The number of hydrogen-bond acceptors (Lipinski definition) is 3. The number of amides is 1. The summed E-state index contributed by atoms with van der Waals surface area (Å²) in [5.41, 5.74) is 0.538. The molecule has 6 nitrogen and oxygen atoms in total. The summed E-state index contributed by atoms with van der Waals surface area (Å²) in [6.45, 7) is 3.94. The molecular weight excluding hydrogens is 246 g/mol. The van der Waals surface area contributed by atoms with Crippen molar-refractivity contribution in [2.75, 3.05) is 0 Å². The summed E-state index contributed by atoms with van der Waals surface area (Å²) in [5.74, 6) is -0.181. The first kappa shape index (κ1) is 13.1. The fourth-order valence-corrected chi connectivity index (χ4v) is 1.65. The fourth-order valence-electron chi connectivity index (χ4n) is 1.65. The summed E-state index contributed by atoms with van der Waals surface area (Å²) in [6, 6.07) is 7.08. The molecular formula is C13H16N3O3+. The number of nitrogens with one attached hydrogen (secondary N) is 2. The summed E-state index contributed by atoms with van der Waals surface area (Å²) < 4.78 is 5.99. The number of H-pyrrole nitrogens is 1. The number of aromatic amines is 1. The smallest absolute Gasteiger partial charge is 0.349 e. The lowest BCUT2D eigenvalue weighted by Crippen LogP contribution is -2.38. The highest BCUT2D eigenvalue weighted by Gasteiger charge is 2.21. The van der Waals surface area contributed by atoms with Crippen LogP contribution in [-0.4, -0.2) is 17.2 Å². The van der Waals surface area contributed by atoms with E-state index in [0.29, 0.717) is 11.3 Å². The molecule has 0 bridgehead atoms. The average Bonchev–Trinajstić information content (AvgIpc) is 2.85. The molecule has 2 rings (SSSR count). The van der Waals surface area contributed by atoms with Gasteiger partial charge in [0.05, 0.1) is 0 Å². The van der Waals surface area contributed by atoms with Crippen LogP contribution < -0.4 is 15.6 Å². The van der Waals surface area contributed by atoms with Crippen molar-refractivity contribution >= 4 is 5.91 Å². The van der Waals surface area contributed by atoms with Gasteiger partial charge >= 0.3 is 5.63 Å². The summed E-state index contributed by atoms with van der Waals surface area (Å²) in [5, 5.41) is 5.32. The van der Waals surface area contributed by atoms with Crippen LogP contribution in [-0.2, 0) is 0 Å². The van der Waals surface area contributed by atoms with E-state index in [4.69, 9.17) is 0 Å². The Labute approximate surface area is 110 Å². The van der Waals surface area contributed by atoms with Crippen molar-refractivity contribution in [1.82, 2.24) is 10.6 Å². The molecule has 1 aromatic heterocycles. The van der Waals surface area contributed by atoms with E-state index in [0.717, 1.165) is 6.42 Å². The quantitative estimate of drug-likeness (QED) is 0.799. The summed E-state index contributed by atoms with van der Waals surface area (Å²) in [4.78, 5) is 23.2. The molecule has 0 spiro atoms. The molecule has 0 aliphatic carbocycles. The highest BCUT2D eigenvalue weighted by atomic mass is 16.5. The normalized spacial score (nSPS) is 12.1. The molecule has 2 N–H and O–H groups in total. The highest BCUT2D eigenvalue weighted by Crippen LogP contribution is 2.08. The van der Waals surface area contributed by atoms with Gasteiger partial charge in [0, 0.05) is 12.1 Å². The standard InChI is InChI=1S/C13H15N3O3/c1-3-9(2)14-13(18)10-6-4-5-7-11(10)16-8-12(17)19-15-16/h4-9H,3H2,1-2H3,(H-,14,15,17,18)/p+1. The van der Waals surface area contributed by atoms with Gasteiger partial charge in [-0.15, -0.1) is 0 Å². The van der Waals surface area contributed by atoms with Crippen LogP contribution in [0.4, 0.5) is 0 Å². The lowest BCUT2D eigenvalue weighted by atomic mass is 10.1. The van der Waals surface area contributed by atoms with E-state index in [1.54, 1.807) is 24.3 Å². The Morgan fingerprint density at radius 1 is 1.47 bits per heavy atom. The predicted octanol–water partition coefficient (Wildman–Crippen LogP) is 0.773. The molecule has 0 saturated carbocycles.